The van der Waals surface area contributed by atoms with E-state index in [2.05, 4.69) is 5.32 Å². The molecule has 2 rings (SSSR count). The first-order valence-electron chi connectivity index (χ1n) is 7.35. The van der Waals surface area contributed by atoms with Gasteiger partial charge < -0.3 is 16.0 Å². The van der Waals surface area contributed by atoms with Crippen LogP contribution in [-0.2, 0) is 4.79 Å². The molecule has 5 heteroatoms. The van der Waals surface area contributed by atoms with Crippen molar-refractivity contribution >= 4 is 11.8 Å². The molecule has 1 aromatic carbocycles. The molecule has 0 bridgehead atoms. The van der Waals surface area contributed by atoms with Gasteiger partial charge in [-0.05, 0) is 45.4 Å². The summed E-state index contributed by atoms with van der Waals surface area (Å²) in [7, 11) is 0. The van der Waals surface area contributed by atoms with Crippen molar-refractivity contribution in [3.63, 3.8) is 0 Å². The van der Waals surface area contributed by atoms with E-state index >= 15 is 0 Å². The summed E-state index contributed by atoms with van der Waals surface area (Å²) in [6.07, 6.45) is 1.90. The number of hydrogen-bond acceptors (Lipinski definition) is 3. The lowest BCUT2D eigenvalue weighted by Gasteiger charge is -2.34. The Bertz CT molecular complexity index is 516. The number of nitrogens with zero attached hydrogens (tertiary/aromatic N) is 1. The van der Waals surface area contributed by atoms with Crippen LogP contribution in [0.15, 0.2) is 18.2 Å². The molecule has 2 amide bonds. The average molecular weight is 289 g/mol. The number of hydrogen-bond donors (Lipinski definition) is 2. The third-order valence-electron chi connectivity index (χ3n) is 3.77. The Kier molecular flexibility index (Phi) is 4.96. The lowest BCUT2D eigenvalue weighted by Crippen LogP contribution is -2.51. The van der Waals surface area contributed by atoms with E-state index in [1.54, 1.807) is 4.90 Å². The van der Waals surface area contributed by atoms with Crippen LogP contribution in [0.2, 0.25) is 0 Å². The normalized spacial score (nSPS) is 18.3. The van der Waals surface area contributed by atoms with E-state index in [0.717, 1.165) is 30.5 Å². The fraction of sp³-hybridized carbons (Fsp3) is 0.500. The molecule has 1 aliphatic heterocycles. The molecular formula is C16H23N3O2. The number of carbonyl (C=O) groups excluding carboxylic acids is 2. The summed E-state index contributed by atoms with van der Waals surface area (Å²) in [5.41, 5.74) is 8.03. The maximum Gasteiger partial charge on any atom is 0.254 e. The standard InChI is InChI=1S/C16H23N3O2/c1-11-6-12(2)8-13(7-11)16(21)19(10-15(17)20)14-4-3-5-18-9-14/h6-8,14,18H,3-5,9-10H2,1-2H3,(H2,17,20). The molecule has 1 fully saturated rings. The molecule has 1 saturated heterocycles. The van der Waals surface area contributed by atoms with Crippen molar-refractivity contribution < 1.29 is 9.59 Å². The Balaban J connectivity index is 2.25. The maximum absolute atomic E-state index is 12.8. The van der Waals surface area contributed by atoms with Crippen LogP contribution in [0.4, 0.5) is 0 Å². The van der Waals surface area contributed by atoms with Gasteiger partial charge in [-0.3, -0.25) is 9.59 Å². The highest BCUT2D eigenvalue weighted by Gasteiger charge is 2.27. The summed E-state index contributed by atoms with van der Waals surface area (Å²) in [5.74, 6) is -0.590. The zero-order chi connectivity index (χ0) is 15.4. The highest BCUT2D eigenvalue weighted by atomic mass is 16.2. The fourth-order valence-corrected chi connectivity index (χ4v) is 2.90. The van der Waals surface area contributed by atoms with Gasteiger partial charge in [0.15, 0.2) is 0 Å². The Hall–Kier alpha value is -1.88. The molecular weight excluding hydrogens is 266 g/mol. The predicted octanol–water partition coefficient (Wildman–Crippen LogP) is 0.983. The van der Waals surface area contributed by atoms with Gasteiger partial charge in [-0.1, -0.05) is 17.2 Å². The predicted molar refractivity (Wildman–Crippen MR) is 82.0 cm³/mol. The second-order valence-electron chi connectivity index (χ2n) is 5.78. The quantitative estimate of drug-likeness (QED) is 0.867. The van der Waals surface area contributed by atoms with E-state index in [-0.39, 0.29) is 18.5 Å². The number of primary amides is 1. The number of carbonyl (C=O) groups is 2. The molecule has 0 spiro atoms. The van der Waals surface area contributed by atoms with Crippen molar-refractivity contribution in [3.8, 4) is 0 Å². The number of rotatable bonds is 4. The van der Waals surface area contributed by atoms with Gasteiger partial charge in [0.05, 0.1) is 6.54 Å². The minimum atomic E-state index is -0.474. The zero-order valence-corrected chi connectivity index (χ0v) is 12.7. The van der Waals surface area contributed by atoms with Gasteiger partial charge in [0, 0.05) is 18.2 Å². The molecule has 114 valence electrons. The minimum absolute atomic E-state index is 0.0274. The Morgan fingerprint density at radius 1 is 1.29 bits per heavy atom. The minimum Gasteiger partial charge on any atom is -0.368 e. The van der Waals surface area contributed by atoms with Crippen LogP contribution < -0.4 is 11.1 Å². The smallest absolute Gasteiger partial charge is 0.254 e. The van der Waals surface area contributed by atoms with Crippen LogP contribution in [0.3, 0.4) is 0 Å². The van der Waals surface area contributed by atoms with Crippen LogP contribution in [-0.4, -0.2) is 42.4 Å². The first-order chi connectivity index (χ1) is 9.97. The van der Waals surface area contributed by atoms with Crippen molar-refractivity contribution in [1.29, 1.82) is 0 Å². The fourth-order valence-electron chi connectivity index (χ4n) is 2.90. The summed E-state index contributed by atoms with van der Waals surface area (Å²) in [4.78, 5) is 25.7. The molecule has 1 aromatic rings. The van der Waals surface area contributed by atoms with Gasteiger partial charge >= 0.3 is 0 Å². The number of nitrogens with one attached hydrogen (secondary N) is 1. The number of benzene rings is 1. The van der Waals surface area contributed by atoms with E-state index in [4.69, 9.17) is 5.73 Å². The van der Waals surface area contributed by atoms with Crippen LogP contribution >= 0.6 is 0 Å². The van der Waals surface area contributed by atoms with E-state index in [0.29, 0.717) is 12.1 Å². The number of nitrogens with two attached hydrogens (primary N) is 1. The third-order valence-corrected chi connectivity index (χ3v) is 3.77. The molecule has 21 heavy (non-hydrogen) atoms. The summed E-state index contributed by atoms with van der Waals surface area (Å²) < 4.78 is 0. The van der Waals surface area contributed by atoms with Crippen LogP contribution in [0, 0.1) is 13.8 Å². The van der Waals surface area contributed by atoms with Crippen LogP contribution in [0.5, 0.6) is 0 Å². The second kappa shape index (κ2) is 6.72. The molecule has 0 saturated carbocycles. The van der Waals surface area contributed by atoms with Crippen molar-refractivity contribution in [2.75, 3.05) is 19.6 Å². The molecule has 0 radical (unpaired) electrons. The van der Waals surface area contributed by atoms with Crippen molar-refractivity contribution in [1.82, 2.24) is 10.2 Å². The van der Waals surface area contributed by atoms with Crippen LogP contribution in [0.1, 0.15) is 34.3 Å². The summed E-state index contributed by atoms with van der Waals surface area (Å²) in [6.45, 7) is 5.56. The second-order valence-corrected chi connectivity index (χ2v) is 5.78. The Labute approximate surface area is 125 Å². The highest BCUT2D eigenvalue weighted by Crippen LogP contribution is 2.16. The average Bonchev–Trinajstić information content (AvgIpc) is 2.44. The largest absolute Gasteiger partial charge is 0.368 e. The van der Waals surface area contributed by atoms with E-state index in [1.807, 2.05) is 32.0 Å². The Morgan fingerprint density at radius 3 is 2.48 bits per heavy atom. The van der Waals surface area contributed by atoms with Gasteiger partial charge in [-0.2, -0.15) is 0 Å². The van der Waals surface area contributed by atoms with Gasteiger partial charge in [0.25, 0.3) is 5.91 Å². The van der Waals surface area contributed by atoms with Gasteiger partial charge in [-0.15, -0.1) is 0 Å². The van der Waals surface area contributed by atoms with Crippen molar-refractivity contribution in [2.24, 2.45) is 5.73 Å². The monoisotopic (exact) mass is 289 g/mol. The van der Waals surface area contributed by atoms with Crippen LogP contribution in [0.25, 0.3) is 0 Å². The van der Waals surface area contributed by atoms with Gasteiger partial charge in [0.2, 0.25) is 5.91 Å². The first kappa shape index (κ1) is 15.5. The SMILES string of the molecule is Cc1cc(C)cc(C(=O)N(CC(N)=O)C2CCCNC2)c1. The number of amides is 2. The molecule has 0 aromatic heterocycles. The first-order valence-corrected chi connectivity index (χ1v) is 7.35. The molecule has 1 atom stereocenters. The topological polar surface area (TPSA) is 75.4 Å². The molecule has 5 nitrogen and oxygen atoms in total. The van der Waals surface area contributed by atoms with Crippen molar-refractivity contribution in [3.05, 3.63) is 34.9 Å². The highest BCUT2D eigenvalue weighted by molar-refractivity contribution is 5.97. The van der Waals surface area contributed by atoms with Gasteiger partial charge in [0.1, 0.15) is 0 Å². The summed E-state index contributed by atoms with van der Waals surface area (Å²) >= 11 is 0. The van der Waals surface area contributed by atoms with E-state index < -0.39 is 5.91 Å². The summed E-state index contributed by atoms with van der Waals surface area (Å²) in [5, 5.41) is 3.27. The Morgan fingerprint density at radius 2 is 1.95 bits per heavy atom. The number of piperidine rings is 1. The van der Waals surface area contributed by atoms with E-state index in [1.165, 1.54) is 0 Å². The zero-order valence-electron chi connectivity index (χ0n) is 12.7. The molecule has 3 N–H and O–H groups in total. The van der Waals surface area contributed by atoms with Gasteiger partial charge in [-0.25, -0.2) is 0 Å². The molecule has 1 unspecified atom stereocenters. The third kappa shape index (κ3) is 4.04. The lowest BCUT2D eigenvalue weighted by atomic mass is 10.0. The van der Waals surface area contributed by atoms with Crippen molar-refractivity contribution in [2.45, 2.75) is 32.7 Å². The molecule has 1 heterocycles. The molecule has 1 aliphatic rings. The number of aryl methyl sites for hydroxylation is 2. The maximum atomic E-state index is 12.8. The summed E-state index contributed by atoms with van der Waals surface area (Å²) in [6, 6.07) is 5.77. The van der Waals surface area contributed by atoms with E-state index in [9.17, 15) is 9.59 Å². The lowest BCUT2D eigenvalue weighted by molar-refractivity contribution is -0.119. The molecule has 0 aliphatic carbocycles.